The van der Waals surface area contributed by atoms with E-state index in [9.17, 15) is 20.0 Å². The second kappa shape index (κ2) is 4.36. The minimum Gasteiger partial charge on any atom is -0.867 e. The van der Waals surface area contributed by atoms with Gasteiger partial charge < -0.3 is 5.11 Å². The number of carbonyl (C=O) groups is 1. The molecule has 78 valence electrons. The summed E-state index contributed by atoms with van der Waals surface area (Å²) in [6.45, 7) is 1.52. The average Bonchev–Trinajstić information content (AvgIpc) is 2.20. The molecule has 0 unspecified atom stereocenters. The molecule has 0 heterocycles. The number of allylic oxidation sites excluding steroid dienone is 1. The number of rotatable bonds is 3. The van der Waals surface area contributed by atoms with Crippen LogP contribution < -0.4 is 5.11 Å². The molecule has 1 rings (SSSR count). The molecule has 0 saturated carbocycles. The first-order valence-corrected chi connectivity index (χ1v) is 4.14. The van der Waals surface area contributed by atoms with Gasteiger partial charge in [-0.05, 0) is 29.9 Å². The zero-order valence-electron chi connectivity index (χ0n) is 7.97. The van der Waals surface area contributed by atoms with Crippen LogP contribution in [0.25, 0.3) is 6.08 Å². The maximum absolute atomic E-state index is 11.5. The molecule has 15 heavy (non-hydrogen) atoms. The second-order valence-electron chi connectivity index (χ2n) is 2.96. The van der Waals surface area contributed by atoms with Crippen molar-refractivity contribution in [3.8, 4) is 5.75 Å². The minimum absolute atomic E-state index is 0.147. The number of aldehydes is 1. The molecule has 5 nitrogen and oxygen atoms in total. The summed E-state index contributed by atoms with van der Waals surface area (Å²) in [5.74, 6) is -0.677. The second-order valence-corrected chi connectivity index (χ2v) is 2.96. The fourth-order valence-electron chi connectivity index (χ4n) is 1.08. The van der Waals surface area contributed by atoms with Crippen molar-refractivity contribution in [1.29, 1.82) is 0 Å². The first-order valence-electron chi connectivity index (χ1n) is 4.14. The van der Waals surface area contributed by atoms with E-state index < -0.39 is 16.4 Å². The summed E-state index contributed by atoms with van der Waals surface area (Å²) in [7, 11) is 0. The highest BCUT2D eigenvalue weighted by molar-refractivity contribution is 5.82. The van der Waals surface area contributed by atoms with E-state index >= 15 is 0 Å². The summed E-state index contributed by atoms with van der Waals surface area (Å²) in [5, 5.41) is 21.9. The van der Waals surface area contributed by atoms with E-state index in [2.05, 4.69) is 0 Å². The predicted molar refractivity (Wildman–Crippen MR) is 52.3 cm³/mol. The largest absolute Gasteiger partial charge is 0.867 e. The Bertz CT molecular complexity index is 437. The normalized spacial score (nSPS) is 11.1. The third kappa shape index (κ3) is 2.40. The summed E-state index contributed by atoms with van der Waals surface area (Å²) in [6, 6.07) is 3.97. The third-order valence-electron chi connectivity index (χ3n) is 1.79. The lowest BCUT2D eigenvalue weighted by molar-refractivity contribution is -0.398. The van der Waals surface area contributed by atoms with Crippen molar-refractivity contribution in [3.63, 3.8) is 0 Å². The molecular formula is C10H8NO4-. The monoisotopic (exact) mass is 206 g/mol. The Labute approximate surface area is 85.8 Å². The zero-order valence-corrected chi connectivity index (χ0v) is 7.97. The summed E-state index contributed by atoms with van der Waals surface area (Å²) in [6.07, 6.45) is 1.90. The maximum Gasteiger partial charge on any atom is 0.262 e. The van der Waals surface area contributed by atoms with Gasteiger partial charge in [0, 0.05) is 6.07 Å². The van der Waals surface area contributed by atoms with Gasteiger partial charge in [-0.15, -0.1) is 0 Å². The lowest BCUT2D eigenvalue weighted by atomic mass is 10.1. The number of hydrogen-bond donors (Lipinski definition) is 0. The Morgan fingerprint density at radius 3 is 2.67 bits per heavy atom. The number of carbonyl (C=O) groups excluding carboxylic acids is 1. The smallest absolute Gasteiger partial charge is 0.262 e. The summed E-state index contributed by atoms with van der Waals surface area (Å²) in [5.41, 5.74) is 0.00356. The van der Waals surface area contributed by atoms with E-state index in [4.69, 9.17) is 0 Å². The fraction of sp³-hybridized carbons (Fsp3) is 0.100. The van der Waals surface area contributed by atoms with Crippen LogP contribution in [-0.2, 0) is 4.79 Å². The van der Waals surface area contributed by atoms with Gasteiger partial charge in [0.05, 0.1) is 4.92 Å². The predicted octanol–water partition coefficient (Wildman–Crippen LogP) is 1.27. The van der Waals surface area contributed by atoms with E-state index in [0.29, 0.717) is 11.9 Å². The van der Waals surface area contributed by atoms with Crippen molar-refractivity contribution in [2.75, 3.05) is 0 Å². The van der Waals surface area contributed by atoms with Crippen LogP contribution >= 0.6 is 0 Å². The van der Waals surface area contributed by atoms with Crippen LogP contribution in [0.3, 0.4) is 0 Å². The average molecular weight is 206 g/mol. The van der Waals surface area contributed by atoms with Crippen LogP contribution in [0, 0.1) is 10.1 Å². The first-order chi connectivity index (χ1) is 7.06. The summed E-state index contributed by atoms with van der Waals surface area (Å²) in [4.78, 5) is 20.0. The Morgan fingerprint density at radius 1 is 1.47 bits per heavy atom. The van der Waals surface area contributed by atoms with Crippen LogP contribution in [0.15, 0.2) is 23.8 Å². The van der Waals surface area contributed by atoms with Crippen molar-refractivity contribution < 1.29 is 14.8 Å². The van der Waals surface area contributed by atoms with Gasteiger partial charge in [-0.1, -0.05) is 12.1 Å². The first kappa shape index (κ1) is 10.9. The van der Waals surface area contributed by atoms with Gasteiger partial charge in [0.2, 0.25) is 0 Å². The van der Waals surface area contributed by atoms with Crippen molar-refractivity contribution in [2.24, 2.45) is 0 Å². The molecule has 0 N–H and O–H groups in total. The quantitative estimate of drug-likeness (QED) is 0.322. The molecule has 0 aromatic heterocycles. The molecule has 0 amide bonds. The van der Waals surface area contributed by atoms with E-state index in [0.717, 1.165) is 6.07 Å². The maximum atomic E-state index is 11.5. The molecule has 0 aliphatic carbocycles. The van der Waals surface area contributed by atoms with E-state index in [1.165, 1.54) is 25.1 Å². The van der Waals surface area contributed by atoms with Gasteiger partial charge in [0.15, 0.2) is 0 Å². The summed E-state index contributed by atoms with van der Waals surface area (Å²) < 4.78 is 0. The van der Waals surface area contributed by atoms with Gasteiger partial charge >= 0.3 is 0 Å². The molecule has 0 bridgehead atoms. The van der Waals surface area contributed by atoms with E-state index in [1.54, 1.807) is 0 Å². The van der Waals surface area contributed by atoms with Crippen molar-refractivity contribution in [1.82, 2.24) is 0 Å². The Balaban J connectivity index is 3.27. The van der Waals surface area contributed by atoms with Crippen LogP contribution in [0.1, 0.15) is 12.5 Å². The van der Waals surface area contributed by atoms with Gasteiger partial charge in [-0.3, -0.25) is 14.9 Å². The molecule has 0 radical (unpaired) electrons. The van der Waals surface area contributed by atoms with Crippen molar-refractivity contribution in [2.45, 2.75) is 6.92 Å². The highest BCUT2D eigenvalue weighted by atomic mass is 16.6. The Kier molecular flexibility index (Phi) is 3.17. The van der Waals surface area contributed by atoms with Crippen LogP contribution in [0.5, 0.6) is 5.75 Å². The standard InChI is InChI=1S/C10H9NO4/c1-7(6-12)5-8-3-2-4-9(10(8)13)11(14)15/h2-6,13H,1H3/p-1/b7-5-. The number of nitro groups is 1. The van der Waals surface area contributed by atoms with E-state index in [1.807, 2.05) is 0 Å². The van der Waals surface area contributed by atoms with Gasteiger partial charge in [-0.25, -0.2) is 0 Å². The zero-order chi connectivity index (χ0) is 11.4. The minimum atomic E-state index is -0.740. The molecule has 5 heteroatoms. The lowest BCUT2D eigenvalue weighted by Crippen LogP contribution is -2.00. The molecule has 0 spiro atoms. The molecule has 0 fully saturated rings. The third-order valence-corrected chi connectivity index (χ3v) is 1.79. The van der Waals surface area contributed by atoms with E-state index in [-0.39, 0.29) is 5.56 Å². The molecule has 1 aromatic rings. The fourth-order valence-corrected chi connectivity index (χ4v) is 1.08. The molecular weight excluding hydrogens is 198 g/mol. The van der Waals surface area contributed by atoms with Gasteiger partial charge in [-0.2, -0.15) is 0 Å². The van der Waals surface area contributed by atoms with Crippen molar-refractivity contribution >= 4 is 18.0 Å². The number of benzene rings is 1. The number of hydrogen-bond acceptors (Lipinski definition) is 4. The van der Waals surface area contributed by atoms with Crippen LogP contribution in [0.2, 0.25) is 0 Å². The number of nitro benzene ring substituents is 1. The highest BCUT2D eigenvalue weighted by Gasteiger charge is 2.07. The Morgan fingerprint density at radius 2 is 2.13 bits per heavy atom. The van der Waals surface area contributed by atoms with Crippen LogP contribution in [0.4, 0.5) is 5.69 Å². The SMILES string of the molecule is C/C(C=O)=C/c1cccc([N+](=O)[O-])c1[O-]. The van der Waals surface area contributed by atoms with Crippen LogP contribution in [-0.4, -0.2) is 11.2 Å². The molecule has 0 aliphatic heterocycles. The molecule has 0 saturated heterocycles. The number of nitrogens with zero attached hydrogens (tertiary/aromatic N) is 1. The summed E-state index contributed by atoms with van der Waals surface area (Å²) >= 11 is 0. The molecule has 0 atom stereocenters. The highest BCUT2D eigenvalue weighted by Crippen LogP contribution is 2.27. The molecule has 0 aliphatic rings. The topological polar surface area (TPSA) is 83.3 Å². The number of para-hydroxylation sites is 1. The van der Waals surface area contributed by atoms with Gasteiger partial charge in [0.25, 0.3) is 5.69 Å². The lowest BCUT2D eigenvalue weighted by Gasteiger charge is -2.10. The van der Waals surface area contributed by atoms with Gasteiger partial charge in [0.1, 0.15) is 6.29 Å². The Hall–Kier alpha value is -2.17. The van der Waals surface area contributed by atoms with Crippen molar-refractivity contribution in [3.05, 3.63) is 39.4 Å². The molecule has 1 aromatic carbocycles.